The molecule has 0 unspecified atom stereocenters. The van der Waals surface area contributed by atoms with Crippen molar-refractivity contribution in [2.45, 2.75) is 0 Å². The molecule has 0 aliphatic carbocycles. The van der Waals surface area contributed by atoms with Crippen molar-refractivity contribution in [2.24, 2.45) is 5.10 Å². The van der Waals surface area contributed by atoms with Gasteiger partial charge in [0.25, 0.3) is 0 Å². The van der Waals surface area contributed by atoms with Gasteiger partial charge >= 0.3 is 0 Å². The van der Waals surface area contributed by atoms with Crippen molar-refractivity contribution >= 4 is 18.0 Å². The highest BCUT2D eigenvalue weighted by atomic mass is 16.5. The molecular formula is C15H17N5O. The lowest BCUT2D eigenvalue weighted by atomic mass is 10.2. The quantitative estimate of drug-likeness (QED) is 0.684. The van der Waals surface area contributed by atoms with Gasteiger partial charge in [-0.15, -0.1) is 0 Å². The molecule has 2 aromatic rings. The topological polar surface area (TPSA) is 62.6 Å². The van der Waals surface area contributed by atoms with E-state index in [0.717, 1.165) is 37.7 Å². The van der Waals surface area contributed by atoms with Gasteiger partial charge < -0.3 is 9.64 Å². The second kappa shape index (κ2) is 6.81. The Morgan fingerprint density at radius 3 is 2.76 bits per heavy atom. The van der Waals surface area contributed by atoms with E-state index in [4.69, 9.17) is 4.74 Å². The first-order valence-corrected chi connectivity index (χ1v) is 6.92. The standard InChI is InChI=1S/C15H17N5O/c1-2-4-13(5-3-1)12-17-19-15-16-7-6-14(18-15)20-8-10-21-11-9-20/h1-7,12H,8-11H2,(H,16,18,19)/b17-12+. The van der Waals surface area contributed by atoms with Crippen molar-refractivity contribution in [1.82, 2.24) is 9.97 Å². The normalized spacial score (nSPS) is 15.3. The molecular weight excluding hydrogens is 266 g/mol. The minimum atomic E-state index is 0.492. The highest BCUT2D eigenvalue weighted by Crippen LogP contribution is 2.13. The Kier molecular flexibility index (Phi) is 4.38. The number of hydrogen-bond acceptors (Lipinski definition) is 6. The molecule has 1 aromatic heterocycles. The Balaban J connectivity index is 1.64. The smallest absolute Gasteiger partial charge is 0.245 e. The van der Waals surface area contributed by atoms with Crippen molar-refractivity contribution in [3.8, 4) is 0 Å². The van der Waals surface area contributed by atoms with Crippen LogP contribution in [0.3, 0.4) is 0 Å². The molecule has 1 aliphatic heterocycles. The molecule has 2 heterocycles. The molecule has 21 heavy (non-hydrogen) atoms. The number of aromatic nitrogens is 2. The zero-order valence-electron chi connectivity index (χ0n) is 11.6. The summed E-state index contributed by atoms with van der Waals surface area (Å²) in [5, 5.41) is 4.15. The van der Waals surface area contributed by atoms with Gasteiger partial charge in [0, 0.05) is 19.3 Å². The zero-order chi connectivity index (χ0) is 14.3. The van der Waals surface area contributed by atoms with Gasteiger partial charge in [0.2, 0.25) is 5.95 Å². The van der Waals surface area contributed by atoms with Gasteiger partial charge in [-0.25, -0.2) is 10.4 Å². The van der Waals surface area contributed by atoms with E-state index in [0.29, 0.717) is 5.95 Å². The van der Waals surface area contributed by atoms with E-state index in [9.17, 15) is 0 Å². The van der Waals surface area contributed by atoms with E-state index in [-0.39, 0.29) is 0 Å². The first-order chi connectivity index (χ1) is 10.4. The van der Waals surface area contributed by atoms with Crippen LogP contribution in [0.1, 0.15) is 5.56 Å². The predicted octanol–water partition coefficient (Wildman–Crippen LogP) is 1.76. The Labute approximate surface area is 123 Å². The second-order valence-electron chi connectivity index (χ2n) is 4.62. The molecule has 1 aliphatic rings. The number of hydrogen-bond donors (Lipinski definition) is 1. The summed E-state index contributed by atoms with van der Waals surface area (Å²) in [7, 11) is 0. The molecule has 6 nitrogen and oxygen atoms in total. The van der Waals surface area contributed by atoms with Gasteiger partial charge in [-0.3, -0.25) is 0 Å². The Morgan fingerprint density at radius 1 is 1.14 bits per heavy atom. The number of anilines is 2. The third-order valence-electron chi connectivity index (χ3n) is 3.15. The van der Waals surface area contributed by atoms with Gasteiger partial charge in [-0.2, -0.15) is 10.1 Å². The van der Waals surface area contributed by atoms with Crippen LogP contribution in [0.25, 0.3) is 0 Å². The molecule has 1 saturated heterocycles. The van der Waals surface area contributed by atoms with Crippen molar-refractivity contribution in [3.63, 3.8) is 0 Å². The van der Waals surface area contributed by atoms with Gasteiger partial charge in [0.05, 0.1) is 19.4 Å². The van der Waals surface area contributed by atoms with Crippen molar-refractivity contribution < 1.29 is 4.74 Å². The number of hydrazone groups is 1. The first-order valence-electron chi connectivity index (χ1n) is 6.92. The van der Waals surface area contributed by atoms with Crippen molar-refractivity contribution in [2.75, 3.05) is 36.6 Å². The lowest BCUT2D eigenvalue weighted by Gasteiger charge is -2.27. The number of nitrogens with zero attached hydrogens (tertiary/aromatic N) is 4. The van der Waals surface area contributed by atoms with E-state index in [1.54, 1.807) is 12.4 Å². The molecule has 1 N–H and O–H groups in total. The summed E-state index contributed by atoms with van der Waals surface area (Å²) in [6, 6.07) is 11.8. The third-order valence-corrected chi connectivity index (χ3v) is 3.15. The lowest BCUT2D eigenvalue weighted by molar-refractivity contribution is 0.122. The van der Waals surface area contributed by atoms with Crippen LogP contribution in [0.15, 0.2) is 47.7 Å². The van der Waals surface area contributed by atoms with Gasteiger partial charge in [-0.05, 0) is 11.6 Å². The highest BCUT2D eigenvalue weighted by Gasteiger charge is 2.12. The summed E-state index contributed by atoms with van der Waals surface area (Å²) in [4.78, 5) is 10.8. The minimum absolute atomic E-state index is 0.492. The first kappa shape index (κ1) is 13.5. The average Bonchev–Trinajstić information content (AvgIpc) is 2.57. The van der Waals surface area contributed by atoms with Crippen LogP contribution in [0.2, 0.25) is 0 Å². The number of ether oxygens (including phenoxy) is 1. The maximum absolute atomic E-state index is 5.34. The van der Waals surface area contributed by atoms with Gasteiger partial charge in [-0.1, -0.05) is 30.3 Å². The summed E-state index contributed by atoms with van der Waals surface area (Å²) >= 11 is 0. The fourth-order valence-corrected chi connectivity index (χ4v) is 2.08. The number of nitrogens with one attached hydrogen (secondary N) is 1. The molecule has 1 aromatic carbocycles. The summed E-state index contributed by atoms with van der Waals surface area (Å²) in [5.74, 6) is 1.39. The fraction of sp³-hybridized carbons (Fsp3) is 0.267. The molecule has 0 radical (unpaired) electrons. The maximum Gasteiger partial charge on any atom is 0.245 e. The summed E-state index contributed by atoms with van der Waals surface area (Å²) in [6.45, 7) is 3.17. The van der Waals surface area contributed by atoms with Crippen LogP contribution >= 0.6 is 0 Å². The second-order valence-corrected chi connectivity index (χ2v) is 4.62. The largest absolute Gasteiger partial charge is 0.378 e. The molecule has 0 saturated carbocycles. The molecule has 1 fully saturated rings. The van der Waals surface area contributed by atoms with E-state index in [1.165, 1.54) is 0 Å². The summed E-state index contributed by atoms with van der Waals surface area (Å²) in [5.41, 5.74) is 3.88. The van der Waals surface area contributed by atoms with Crippen LogP contribution in [0.5, 0.6) is 0 Å². The van der Waals surface area contributed by atoms with Crippen LogP contribution in [0, 0.1) is 0 Å². The van der Waals surface area contributed by atoms with Crippen molar-refractivity contribution in [1.29, 1.82) is 0 Å². The molecule has 0 atom stereocenters. The van der Waals surface area contributed by atoms with Crippen LogP contribution in [0.4, 0.5) is 11.8 Å². The van der Waals surface area contributed by atoms with E-state index >= 15 is 0 Å². The van der Waals surface area contributed by atoms with E-state index in [1.807, 2.05) is 36.4 Å². The van der Waals surface area contributed by atoms with Gasteiger partial charge in [0.15, 0.2) is 0 Å². The highest BCUT2D eigenvalue weighted by molar-refractivity contribution is 5.79. The lowest BCUT2D eigenvalue weighted by Crippen LogP contribution is -2.36. The average molecular weight is 283 g/mol. The number of morpholine rings is 1. The molecule has 3 rings (SSSR count). The van der Waals surface area contributed by atoms with Gasteiger partial charge in [0.1, 0.15) is 5.82 Å². The summed E-state index contributed by atoms with van der Waals surface area (Å²) in [6.07, 6.45) is 3.48. The monoisotopic (exact) mass is 283 g/mol. The zero-order valence-corrected chi connectivity index (χ0v) is 11.6. The SMILES string of the molecule is C(=N\Nc1nccc(N2CCOCC2)n1)/c1ccccc1. The fourth-order valence-electron chi connectivity index (χ4n) is 2.08. The number of benzene rings is 1. The third kappa shape index (κ3) is 3.76. The van der Waals surface area contributed by atoms with E-state index in [2.05, 4.69) is 25.4 Å². The minimum Gasteiger partial charge on any atom is -0.378 e. The molecule has 108 valence electrons. The Hall–Kier alpha value is -2.47. The number of rotatable bonds is 4. The molecule has 0 amide bonds. The van der Waals surface area contributed by atoms with Crippen molar-refractivity contribution in [3.05, 3.63) is 48.2 Å². The molecule has 0 bridgehead atoms. The molecule has 0 spiro atoms. The van der Waals surface area contributed by atoms with Crippen LogP contribution in [-0.4, -0.2) is 42.5 Å². The molecule has 6 heteroatoms. The van der Waals surface area contributed by atoms with Crippen LogP contribution in [-0.2, 0) is 4.74 Å². The predicted molar refractivity (Wildman–Crippen MR) is 82.7 cm³/mol. The Bertz CT molecular complexity index is 596. The maximum atomic E-state index is 5.34. The van der Waals surface area contributed by atoms with Crippen LogP contribution < -0.4 is 10.3 Å². The summed E-state index contributed by atoms with van der Waals surface area (Å²) < 4.78 is 5.34. The Morgan fingerprint density at radius 2 is 1.95 bits per heavy atom. The van der Waals surface area contributed by atoms with E-state index < -0.39 is 0 Å².